The van der Waals surface area contributed by atoms with Crippen LogP contribution in [-0.4, -0.2) is 27.4 Å². The summed E-state index contributed by atoms with van der Waals surface area (Å²) in [6.07, 6.45) is 10.6. The van der Waals surface area contributed by atoms with E-state index in [0.717, 1.165) is 5.75 Å². The molecule has 3 heteroatoms. The summed E-state index contributed by atoms with van der Waals surface area (Å²) in [5.41, 5.74) is 2.97. The lowest BCUT2D eigenvalue weighted by molar-refractivity contribution is 0.411. The van der Waals surface area contributed by atoms with Gasteiger partial charge in [-0.05, 0) is 35.6 Å². The average Bonchev–Trinajstić information content (AvgIpc) is 3.01. The molecule has 2 aliphatic carbocycles. The molecule has 128 valence electrons. The maximum absolute atomic E-state index is 5.54. The fourth-order valence-electron chi connectivity index (χ4n) is 5.22. The molecule has 5 atom stereocenters. The van der Waals surface area contributed by atoms with Crippen LogP contribution >= 0.6 is 0 Å². The van der Waals surface area contributed by atoms with Crippen molar-refractivity contribution in [2.24, 2.45) is 17.8 Å². The molecule has 0 saturated heterocycles. The Labute approximate surface area is 147 Å². The van der Waals surface area contributed by atoms with Crippen molar-refractivity contribution in [3.05, 3.63) is 48.1 Å². The Morgan fingerprint density at radius 3 is 2.46 bits per heavy atom. The number of rotatable bonds is 3. The summed E-state index contributed by atoms with van der Waals surface area (Å²) in [5, 5.41) is 0. The Balaban J connectivity index is 1.83. The first-order valence-corrected chi connectivity index (χ1v) is 12.9. The number of hydrogen-bond donors (Lipinski definition) is 0. The van der Waals surface area contributed by atoms with E-state index in [0.29, 0.717) is 29.7 Å². The molecule has 0 amide bonds. The van der Waals surface area contributed by atoms with Crippen LogP contribution in [0.5, 0.6) is 5.75 Å². The minimum absolute atomic E-state index is 0.611. The van der Waals surface area contributed by atoms with Gasteiger partial charge in [-0.25, -0.2) is 0 Å². The fourth-order valence-corrected chi connectivity index (χ4v) is 6.62. The van der Waals surface area contributed by atoms with Crippen LogP contribution in [0.4, 0.5) is 5.69 Å². The van der Waals surface area contributed by atoms with E-state index in [4.69, 9.17) is 4.74 Å². The highest BCUT2D eigenvalue weighted by Crippen LogP contribution is 2.58. The topological polar surface area (TPSA) is 12.5 Å². The first-order chi connectivity index (χ1) is 11.4. The van der Waals surface area contributed by atoms with Gasteiger partial charge in [-0.1, -0.05) is 50.9 Å². The molecule has 1 aromatic rings. The summed E-state index contributed by atoms with van der Waals surface area (Å²) < 4.78 is 5.54. The third-order valence-corrected chi connectivity index (χ3v) is 7.36. The van der Waals surface area contributed by atoms with Crippen LogP contribution in [0, 0.1) is 17.8 Å². The summed E-state index contributed by atoms with van der Waals surface area (Å²) in [6, 6.07) is 7.35. The smallest absolute Gasteiger partial charge is 0.119 e. The van der Waals surface area contributed by atoms with Gasteiger partial charge in [-0.3, -0.25) is 0 Å². The van der Waals surface area contributed by atoms with Gasteiger partial charge in [-0.15, -0.1) is 0 Å². The second kappa shape index (κ2) is 5.52. The second-order valence-corrected chi connectivity index (χ2v) is 14.4. The third kappa shape index (κ3) is 2.36. The van der Waals surface area contributed by atoms with Crippen LogP contribution in [0.25, 0.3) is 0 Å². The van der Waals surface area contributed by atoms with Gasteiger partial charge < -0.3 is 9.64 Å². The Kier molecular flexibility index (Phi) is 3.68. The van der Waals surface area contributed by atoms with Crippen LogP contribution in [0.1, 0.15) is 18.4 Å². The van der Waals surface area contributed by atoms with Gasteiger partial charge in [0.15, 0.2) is 0 Å². The molecular formula is C21H29NOSi. The largest absolute Gasteiger partial charge is 0.497 e. The molecule has 24 heavy (non-hydrogen) atoms. The Morgan fingerprint density at radius 1 is 1.08 bits per heavy atom. The maximum atomic E-state index is 5.54. The lowest BCUT2D eigenvalue weighted by atomic mass is 9.84. The summed E-state index contributed by atoms with van der Waals surface area (Å²) in [5.74, 6) is 3.61. The summed E-state index contributed by atoms with van der Waals surface area (Å²) >= 11 is 0. The zero-order chi connectivity index (χ0) is 17.1. The molecule has 5 unspecified atom stereocenters. The minimum Gasteiger partial charge on any atom is -0.497 e. The van der Waals surface area contributed by atoms with E-state index in [2.05, 4.69) is 74.0 Å². The van der Waals surface area contributed by atoms with Crippen molar-refractivity contribution < 1.29 is 4.74 Å². The molecular weight excluding hydrogens is 310 g/mol. The summed E-state index contributed by atoms with van der Waals surface area (Å²) in [6.45, 7) is 9.90. The zero-order valence-corrected chi connectivity index (χ0v) is 16.5. The normalized spacial score (nSPS) is 33.4. The van der Waals surface area contributed by atoms with E-state index in [1.54, 1.807) is 7.11 Å². The van der Waals surface area contributed by atoms with Crippen LogP contribution in [0.3, 0.4) is 0 Å². The average molecular weight is 340 g/mol. The van der Waals surface area contributed by atoms with Crippen molar-refractivity contribution in [1.29, 1.82) is 0 Å². The number of allylic oxidation sites excluding steroid dienone is 3. The number of methoxy groups -OCH3 is 1. The highest BCUT2D eigenvalue weighted by atomic mass is 28.3. The monoisotopic (exact) mass is 339 g/mol. The van der Waals surface area contributed by atoms with E-state index in [-0.39, 0.29) is 0 Å². The van der Waals surface area contributed by atoms with E-state index >= 15 is 0 Å². The summed E-state index contributed by atoms with van der Waals surface area (Å²) in [4.78, 5) is 2.76. The number of hydrogen-bond acceptors (Lipinski definition) is 2. The number of anilines is 1. The van der Waals surface area contributed by atoms with Gasteiger partial charge in [0.1, 0.15) is 5.75 Å². The van der Waals surface area contributed by atoms with Crippen LogP contribution in [0.15, 0.2) is 42.5 Å². The Bertz CT molecular complexity index is 702. The molecule has 0 radical (unpaired) electrons. The lowest BCUT2D eigenvalue weighted by Crippen LogP contribution is -2.46. The van der Waals surface area contributed by atoms with Crippen molar-refractivity contribution in [2.75, 3.05) is 18.2 Å². The van der Waals surface area contributed by atoms with Crippen LogP contribution < -0.4 is 9.64 Å². The van der Waals surface area contributed by atoms with Crippen molar-refractivity contribution in [3.63, 3.8) is 0 Å². The molecule has 0 bridgehead atoms. The first kappa shape index (κ1) is 16.0. The van der Waals surface area contributed by atoms with Crippen molar-refractivity contribution >= 4 is 13.8 Å². The van der Waals surface area contributed by atoms with Gasteiger partial charge >= 0.3 is 0 Å². The molecule has 0 spiro atoms. The standard InChI is InChI=1S/C21H29NOSi/c1-14-16-8-6-7-9-17(16)21-20(14)18-12-15(23-2)10-11-19(18)22(21)13-24(3,4)5/h6-12,14,16-17,20-21H,13H2,1-5H3. The van der Waals surface area contributed by atoms with Crippen molar-refractivity contribution in [3.8, 4) is 5.75 Å². The van der Waals surface area contributed by atoms with Gasteiger partial charge in [0.25, 0.3) is 0 Å². The van der Waals surface area contributed by atoms with Gasteiger partial charge in [0.05, 0.1) is 15.2 Å². The second-order valence-electron chi connectivity index (χ2n) is 8.91. The molecule has 2 nitrogen and oxygen atoms in total. The number of fused-ring (bicyclic) bond motifs is 5. The predicted molar refractivity (Wildman–Crippen MR) is 105 cm³/mol. The highest BCUT2D eigenvalue weighted by Gasteiger charge is 2.54. The van der Waals surface area contributed by atoms with E-state index in [1.807, 2.05) is 0 Å². The molecule has 1 heterocycles. The van der Waals surface area contributed by atoms with Gasteiger partial charge in [-0.2, -0.15) is 0 Å². The van der Waals surface area contributed by atoms with E-state index in [9.17, 15) is 0 Å². The van der Waals surface area contributed by atoms with Gasteiger partial charge in [0, 0.05) is 29.7 Å². The van der Waals surface area contributed by atoms with Crippen LogP contribution in [0.2, 0.25) is 19.6 Å². The molecule has 0 aromatic heterocycles. The zero-order valence-electron chi connectivity index (χ0n) is 15.5. The lowest BCUT2D eigenvalue weighted by Gasteiger charge is -2.36. The maximum Gasteiger partial charge on any atom is 0.119 e. The summed E-state index contributed by atoms with van der Waals surface area (Å²) in [7, 11) is 0.577. The Hall–Kier alpha value is -1.48. The first-order valence-electron chi connectivity index (χ1n) is 9.20. The Morgan fingerprint density at radius 2 is 1.79 bits per heavy atom. The molecule has 4 rings (SSSR count). The molecule has 1 aliphatic heterocycles. The van der Waals surface area contributed by atoms with Crippen molar-refractivity contribution in [1.82, 2.24) is 0 Å². The molecule has 1 aromatic carbocycles. The predicted octanol–water partition coefficient (Wildman–Crippen LogP) is 4.85. The van der Waals surface area contributed by atoms with E-state index < -0.39 is 8.07 Å². The minimum atomic E-state index is -1.20. The molecule has 0 N–H and O–H groups in total. The van der Waals surface area contributed by atoms with E-state index in [1.165, 1.54) is 17.4 Å². The number of benzene rings is 1. The quantitative estimate of drug-likeness (QED) is 0.730. The number of nitrogens with zero attached hydrogens (tertiary/aromatic N) is 1. The molecule has 3 aliphatic rings. The number of ether oxygens (including phenoxy) is 1. The highest BCUT2D eigenvalue weighted by molar-refractivity contribution is 6.76. The molecule has 1 fully saturated rings. The van der Waals surface area contributed by atoms with Crippen LogP contribution in [-0.2, 0) is 0 Å². The third-order valence-electron chi connectivity index (χ3n) is 6.07. The SMILES string of the molecule is COc1ccc2c(c1)C1C(C)C3C=CC=CC3C1N2C[Si](C)(C)C. The molecule has 1 saturated carbocycles. The van der Waals surface area contributed by atoms with Gasteiger partial charge in [0.2, 0.25) is 0 Å². The van der Waals surface area contributed by atoms with Crippen molar-refractivity contribution in [2.45, 2.75) is 38.5 Å². The fraction of sp³-hybridized carbons (Fsp3) is 0.524.